The van der Waals surface area contributed by atoms with E-state index in [2.05, 4.69) is 60.4 Å². The van der Waals surface area contributed by atoms with Crippen LogP contribution in [0.15, 0.2) is 18.2 Å². The Bertz CT molecular complexity index is 675. The van der Waals surface area contributed by atoms with Crippen molar-refractivity contribution in [2.45, 2.75) is 84.4 Å². The Balaban J connectivity index is 2.28. The highest BCUT2D eigenvalue weighted by molar-refractivity contribution is 6.03. The molecule has 0 amide bonds. The molecule has 0 saturated carbocycles. The summed E-state index contributed by atoms with van der Waals surface area (Å²) < 4.78 is 5.92. The second-order valence-electron chi connectivity index (χ2n) is 9.53. The monoisotopic (exact) mass is 375 g/mol. The number of phenols is 1. The average molecular weight is 376 g/mol. The predicted octanol–water partition coefficient (Wildman–Crippen LogP) is 4.79. The molecule has 0 aromatic heterocycles. The van der Waals surface area contributed by atoms with Crippen LogP contribution in [0.4, 0.5) is 0 Å². The second-order valence-corrected chi connectivity index (χ2v) is 9.53. The Hall–Kier alpha value is -1.39. The number of ketones is 1. The summed E-state index contributed by atoms with van der Waals surface area (Å²) in [5.41, 5.74) is 1.36. The van der Waals surface area contributed by atoms with Gasteiger partial charge in [0.25, 0.3) is 0 Å². The summed E-state index contributed by atoms with van der Waals surface area (Å²) in [5.74, 6) is 0.524. The Morgan fingerprint density at radius 3 is 2.48 bits per heavy atom. The molecule has 1 aromatic rings. The number of likely N-dealkylation sites (N-methyl/N-ethyl adjacent to an activating group) is 1. The first-order valence-corrected chi connectivity index (χ1v) is 10.1. The number of rotatable bonds is 6. The fourth-order valence-electron chi connectivity index (χ4n) is 4.27. The zero-order chi connectivity index (χ0) is 20.6. The van der Waals surface area contributed by atoms with Crippen molar-refractivity contribution in [3.8, 4) is 5.75 Å². The number of ether oxygens (including phenoxy) is 1. The standard InChI is InChI=1S/C23H37NO3/c1-9-16(12-13-27-22(3,4)5)24(8)20-15(2)23(6,7)19-14-17(25)10-11-18(19)21(20)26/h10-11,14-16,20,25H,9,12-13H2,1-8H3/t15-,16?,20?/m0/s1. The van der Waals surface area contributed by atoms with Crippen molar-refractivity contribution >= 4 is 5.78 Å². The van der Waals surface area contributed by atoms with E-state index >= 15 is 0 Å². The van der Waals surface area contributed by atoms with Gasteiger partial charge in [0.15, 0.2) is 5.78 Å². The van der Waals surface area contributed by atoms with E-state index in [1.165, 1.54) is 0 Å². The molecule has 27 heavy (non-hydrogen) atoms. The number of fused-ring (bicyclic) bond motifs is 1. The van der Waals surface area contributed by atoms with Crippen molar-refractivity contribution in [2.75, 3.05) is 13.7 Å². The van der Waals surface area contributed by atoms with Crippen molar-refractivity contribution in [1.82, 2.24) is 4.90 Å². The molecular weight excluding hydrogens is 338 g/mol. The molecule has 4 nitrogen and oxygen atoms in total. The molecule has 0 heterocycles. The van der Waals surface area contributed by atoms with E-state index in [9.17, 15) is 9.90 Å². The molecule has 1 N–H and O–H groups in total. The van der Waals surface area contributed by atoms with Gasteiger partial charge in [0, 0.05) is 18.2 Å². The van der Waals surface area contributed by atoms with Crippen molar-refractivity contribution in [3.05, 3.63) is 29.3 Å². The van der Waals surface area contributed by atoms with Gasteiger partial charge in [0.1, 0.15) is 5.75 Å². The van der Waals surface area contributed by atoms with Gasteiger partial charge in [-0.15, -0.1) is 0 Å². The lowest BCUT2D eigenvalue weighted by Gasteiger charge is -2.47. The quantitative estimate of drug-likeness (QED) is 0.777. The van der Waals surface area contributed by atoms with Gasteiger partial charge in [-0.1, -0.05) is 27.7 Å². The first kappa shape index (κ1) is 21.9. The average Bonchev–Trinajstić information content (AvgIpc) is 2.56. The van der Waals surface area contributed by atoms with E-state index in [-0.39, 0.29) is 34.5 Å². The largest absolute Gasteiger partial charge is 0.508 e. The number of hydrogen-bond acceptors (Lipinski definition) is 4. The van der Waals surface area contributed by atoms with Gasteiger partial charge in [0.2, 0.25) is 0 Å². The zero-order valence-electron chi connectivity index (χ0n) is 18.3. The molecule has 0 radical (unpaired) electrons. The van der Waals surface area contributed by atoms with Gasteiger partial charge in [-0.2, -0.15) is 0 Å². The third kappa shape index (κ3) is 4.55. The number of phenolic OH excluding ortho intramolecular Hbond substituents is 1. The van der Waals surface area contributed by atoms with E-state index in [4.69, 9.17) is 4.74 Å². The van der Waals surface area contributed by atoms with E-state index in [0.29, 0.717) is 12.6 Å². The minimum absolute atomic E-state index is 0.141. The zero-order valence-corrected chi connectivity index (χ0v) is 18.3. The lowest BCUT2D eigenvalue weighted by Crippen LogP contribution is -2.56. The molecule has 1 aliphatic rings. The minimum atomic E-state index is -0.193. The Morgan fingerprint density at radius 2 is 1.93 bits per heavy atom. The molecule has 1 aromatic carbocycles. The van der Waals surface area contributed by atoms with Crippen molar-refractivity contribution in [1.29, 1.82) is 0 Å². The van der Waals surface area contributed by atoms with Gasteiger partial charge in [-0.25, -0.2) is 0 Å². The molecule has 0 saturated heterocycles. The molecule has 2 unspecified atom stereocenters. The van der Waals surface area contributed by atoms with Gasteiger partial charge in [-0.05, 0) is 75.8 Å². The molecular formula is C23H37NO3. The van der Waals surface area contributed by atoms with Gasteiger partial charge in [-0.3, -0.25) is 9.69 Å². The number of Topliss-reactive ketones (excluding diaryl/α,β-unsaturated/α-hetero) is 1. The topological polar surface area (TPSA) is 49.8 Å². The number of benzene rings is 1. The van der Waals surface area contributed by atoms with Crippen LogP contribution in [0.2, 0.25) is 0 Å². The summed E-state index contributed by atoms with van der Waals surface area (Å²) in [4.78, 5) is 15.6. The summed E-state index contributed by atoms with van der Waals surface area (Å²) in [5, 5.41) is 9.92. The predicted molar refractivity (Wildman–Crippen MR) is 111 cm³/mol. The van der Waals surface area contributed by atoms with Crippen LogP contribution in [0.5, 0.6) is 5.75 Å². The van der Waals surface area contributed by atoms with Crippen molar-refractivity contribution in [3.63, 3.8) is 0 Å². The van der Waals surface area contributed by atoms with E-state index in [1.54, 1.807) is 18.2 Å². The van der Waals surface area contributed by atoms with Crippen LogP contribution in [0.3, 0.4) is 0 Å². The van der Waals surface area contributed by atoms with Crippen LogP contribution >= 0.6 is 0 Å². The van der Waals surface area contributed by atoms with Crippen LogP contribution in [-0.2, 0) is 10.2 Å². The first-order valence-electron chi connectivity index (χ1n) is 10.1. The highest BCUT2D eigenvalue weighted by atomic mass is 16.5. The van der Waals surface area contributed by atoms with Gasteiger partial charge < -0.3 is 9.84 Å². The minimum Gasteiger partial charge on any atom is -0.508 e. The fraction of sp³-hybridized carbons (Fsp3) is 0.696. The molecule has 0 spiro atoms. The van der Waals surface area contributed by atoms with Crippen LogP contribution in [0.25, 0.3) is 0 Å². The van der Waals surface area contributed by atoms with Crippen LogP contribution < -0.4 is 0 Å². The molecule has 0 bridgehead atoms. The van der Waals surface area contributed by atoms with Crippen molar-refractivity contribution < 1.29 is 14.6 Å². The number of aromatic hydroxyl groups is 1. The van der Waals surface area contributed by atoms with E-state index in [1.807, 2.05) is 0 Å². The normalized spacial score (nSPS) is 23.4. The Kier molecular flexibility index (Phi) is 6.43. The molecule has 152 valence electrons. The lowest BCUT2D eigenvalue weighted by molar-refractivity contribution is -0.0174. The SMILES string of the molecule is CCC(CCOC(C)(C)C)N(C)C1C(=O)c2ccc(O)cc2C(C)(C)[C@H]1C. The summed E-state index contributed by atoms with van der Waals surface area (Å²) >= 11 is 0. The maximum Gasteiger partial charge on any atom is 0.180 e. The molecule has 0 aliphatic heterocycles. The second kappa shape index (κ2) is 7.92. The lowest BCUT2D eigenvalue weighted by atomic mass is 9.63. The number of nitrogens with zero attached hydrogens (tertiary/aromatic N) is 1. The van der Waals surface area contributed by atoms with Crippen molar-refractivity contribution in [2.24, 2.45) is 5.92 Å². The van der Waals surface area contributed by atoms with Crippen LogP contribution in [0.1, 0.15) is 77.2 Å². The van der Waals surface area contributed by atoms with E-state index in [0.717, 1.165) is 24.0 Å². The maximum atomic E-state index is 13.4. The molecule has 4 heteroatoms. The summed E-state index contributed by atoms with van der Waals surface area (Å²) in [6.07, 6.45) is 1.88. The summed E-state index contributed by atoms with van der Waals surface area (Å²) in [7, 11) is 2.08. The maximum absolute atomic E-state index is 13.4. The fourth-order valence-corrected chi connectivity index (χ4v) is 4.27. The Morgan fingerprint density at radius 1 is 1.30 bits per heavy atom. The van der Waals surface area contributed by atoms with Crippen LogP contribution in [-0.4, -0.2) is 47.1 Å². The number of hydrogen-bond donors (Lipinski definition) is 1. The third-order valence-electron chi connectivity index (χ3n) is 6.32. The molecule has 3 atom stereocenters. The third-order valence-corrected chi connectivity index (χ3v) is 6.32. The summed E-state index contributed by atoms with van der Waals surface area (Å²) in [6, 6.07) is 5.28. The number of carbonyl (C=O) groups excluding carboxylic acids is 1. The number of carbonyl (C=O) groups is 1. The van der Waals surface area contributed by atoms with Gasteiger partial charge >= 0.3 is 0 Å². The Labute approximate surface area is 164 Å². The molecule has 1 aliphatic carbocycles. The highest BCUT2D eigenvalue weighted by Crippen LogP contribution is 2.44. The summed E-state index contributed by atoms with van der Waals surface area (Å²) in [6.45, 7) is 15.6. The smallest absolute Gasteiger partial charge is 0.180 e. The van der Waals surface area contributed by atoms with E-state index < -0.39 is 0 Å². The first-order chi connectivity index (χ1) is 12.4. The van der Waals surface area contributed by atoms with Gasteiger partial charge in [0.05, 0.1) is 11.6 Å². The highest BCUT2D eigenvalue weighted by Gasteiger charge is 2.47. The molecule has 2 rings (SSSR count). The molecule has 0 fully saturated rings. The van der Waals surface area contributed by atoms with Crippen LogP contribution in [0, 0.1) is 5.92 Å².